The van der Waals surface area contributed by atoms with Crippen LogP contribution in [0.4, 0.5) is 11.5 Å². The van der Waals surface area contributed by atoms with Gasteiger partial charge in [0.15, 0.2) is 5.82 Å². The molecule has 178 valence electrons. The smallest absolute Gasteiger partial charge is 0.275 e. The van der Waals surface area contributed by atoms with E-state index < -0.39 is 0 Å². The molecule has 4 aromatic rings. The van der Waals surface area contributed by atoms with Crippen molar-refractivity contribution in [2.75, 3.05) is 25.2 Å². The molecule has 0 spiro atoms. The van der Waals surface area contributed by atoms with Crippen LogP contribution in [0.1, 0.15) is 21.5 Å². The highest BCUT2D eigenvalue weighted by molar-refractivity contribution is 5.95. The zero-order chi connectivity index (χ0) is 24.8. The third-order valence-electron chi connectivity index (χ3n) is 5.60. The minimum atomic E-state index is -0.368. The van der Waals surface area contributed by atoms with Crippen molar-refractivity contribution in [2.24, 2.45) is 4.99 Å². The van der Waals surface area contributed by atoms with Crippen molar-refractivity contribution in [3.63, 3.8) is 0 Å². The lowest BCUT2D eigenvalue weighted by Crippen LogP contribution is -2.25. The molecule has 2 aromatic heterocycles. The van der Waals surface area contributed by atoms with Gasteiger partial charge in [-0.25, -0.2) is 10.5 Å². The van der Waals surface area contributed by atoms with Crippen molar-refractivity contribution < 1.29 is 14.7 Å². The third-order valence-corrected chi connectivity index (χ3v) is 5.60. The van der Waals surface area contributed by atoms with Crippen LogP contribution in [0.15, 0.2) is 71.9 Å². The van der Waals surface area contributed by atoms with Gasteiger partial charge in [0, 0.05) is 36.3 Å². The Balaban J connectivity index is 1.58. The van der Waals surface area contributed by atoms with Gasteiger partial charge in [0.1, 0.15) is 5.69 Å². The molecule has 0 radical (unpaired) electrons. The van der Waals surface area contributed by atoms with Crippen LogP contribution in [0.3, 0.4) is 0 Å². The zero-order valence-electron chi connectivity index (χ0n) is 19.7. The largest absolute Gasteiger partial charge is 0.394 e. The fourth-order valence-electron chi connectivity index (χ4n) is 3.87. The summed E-state index contributed by atoms with van der Waals surface area (Å²) in [6.07, 6.45) is 1.79. The molecule has 1 amide bonds. The predicted octanol–water partition coefficient (Wildman–Crippen LogP) is 4.23. The fraction of sp³-hybridized carbons (Fsp3) is 0.185. The number of aromatic nitrogens is 2. The standard InChI is InChI=1S/C27H27N5O3/c1-18-15-21(7-8-22(18)27(34)31-35-14-13-33)24-10-11-25(28-2)26(30-24)32(3)17-19-6-9-23-20(16-19)5-4-12-29-23/h4-12,15-16,33H,2,13-14,17H2,1,3H3,(H,31,34). The molecule has 0 aliphatic rings. The van der Waals surface area contributed by atoms with E-state index >= 15 is 0 Å². The van der Waals surface area contributed by atoms with Crippen molar-refractivity contribution in [2.45, 2.75) is 13.5 Å². The molecule has 8 heteroatoms. The summed E-state index contributed by atoms with van der Waals surface area (Å²) in [6, 6.07) is 19.5. The van der Waals surface area contributed by atoms with E-state index in [1.807, 2.05) is 61.3 Å². The number of pyridine rings is 2. The Morgan fingerprint density at radius 3 is 2.80 bits per heavy atom. The van der Waals surface area contributed by atoms with Crippen LogP contribution in [0.2, 0.25) is 0 Å². The zero-order valence-corrected chi connectivity index (χ0v) is 19.7. The first-order valence-corrected chi connectivity index (χ1v) is 11.2. The van der Waals surface area contributed by atoms with E-state index in [1.54, 1.807) is 12.3 Å². The van der Waals surface area contributed by atoms with Gasteiger partial charge in [0.25, 0.3) is 5.91 Å². The molecule has 0 atom stereocenters. The second-order valence-electron chi connectivity index (χ2n) is 8.12. The number of anilines is 1. The molecule has 35 heavy (non-hydrogen) atoms. The van der Waals surface area contributed by atoms with Crippen LogP contribution in [0.25, 0.3) is 22.2 Å². The summed E-state index contributed by atoms with van der Waals surface area (Å²) in [5.41, 5.74) is 8.00. The monoisotopic (exact) mass is 469 g/mol. The number of aryl methyl sites for hydroxylation is 1. The molecular formula is C27H27N5O3. The van der Waals surface area contributed by atoms with Gasteiger partial charge in [-0.15, -0.1) is 0 Å². The highest BCUT2D eigenvalue weighted by atomic mass is 16.7. The average Bonchev–Trinajstić information content (AvgIpc) is 2.88. The van der Waals surface area contributed by atoms with E-state index in [-0.39, 0.29) is 19.1 Å². The molecule has 2 aromatic carbocycles. The van der Waals surface area contributed by atoms with Crippen molar-refractivity contribution in [1.82, 2.24) is 15.4 Å². The fourth-order valence-corrected chi connectivity index (χ4v) is 3.87. The van der Waals surface area contributed by atoms with Crippen LogP contribution >= 0.6 is 0 Å². The van der Waals surface area contributed by atoms with E-state index in [1.165, 1.54) is 0 Å². The van der Waals surface area contributed by atoms with Crippen molar-refractivity contribution in [1.29, 1.82) is 0 Å². The van der Waals surface area contributed by atoms with Gasteiger partial charge in [-0.3, -0.25) is 19.6 Å². The number of aliphatic imine (C=N–C) groups is 1. The van der Waals surface area contributed by atoms with E-state index in [4.69, 9.17) is 14.9 Å². The molecular weight excluding hydrogens is 442 g/mol. The van der Waals surface area contributed by atoms with Gasteiger partial charge >= 0.3 is 0 Å². The SMILES string of the molecule is C=Nc1ccc(-c2ccc(C(=O)NOCCO)c(C)c2)nc1N(C)Cc1ccc2ncccc2c1. The number of carbonyl (C=O) groups is 1. The van der Waals surface area contributed by atoms with E-state index in [2.05, 4.69) is 34.3 Å². The number of hydrogen-bond acceptors (Lipinski definition) is 7. The lowest BCUT2D eigenvalue weighted by molar-refractivity contribution is 0.0168. The number of amides is 1. The summed E-state index contributed by atoms with van der Waals surface area (Å²) in [4.78, 5) is 32.7. The average molecular weight is 470 g/mol. The summed E-state index contributed by atoms with van der Waals surface area (Å²) >= 11 is 0. The molecule has 0 bridgehead atoms. The van der Waals surface area contributed by atoms with Crippen LogP contribution < -0.4 is 10.4 Å². The number of aliphatic hydroxyl groups excluding tert-OH is 1. The Morgan fingerprint density at radius 2 is 2.03 bits per heavy atom. The van der Waals surface area contributed by atoms with Crippen molar-refractivity contribution in [3.05, 3.63) is 83.6 Å². The summed E-state index contributed by atoms with van der Waals surface area (Å²) < 4.78 is 0. The molecule has 0 aliphatic heterocycles. The number of nitrogens with one attached hydrogen (secondary N) is 1. The predicted molar refractivity (Wildman–Crippen MR) is 138 cm³/mol. The number of nitrogens with zero attached hydrogens (tertiary/aromatic N) is 4. The Hall–Kier alpha value is -4.14. The Kier molecular flexibility index (Phi) is 7.45. The quantitative estimate of drug-likeness (QED) is 0.216. The minimum Gasteiger partial charge on any atom is -0.394 e. The van der Waals surface area contributed by atoms with E-state index in [0.717, 1.165) is 33.3 Å². The maximum atomic E-state index is 12.3. The van der Waals surface area contributed by atoms with Gasteiger partial charge in [0.05, 0.1) is 24.4 Å². The first-order valence-electron chi connectivity index (χ1n) is 11.2. The molecule has 2 N–H and O–H groups in total. The molecule has 8 nitrogen and oxygen atoms in total. The second kappa shape index (κ2) is 10.9. The highest BCUT2D eigenvalue weighted by Crippen LogP contribution is 2.31. The molecule has 4 rings (SSSR count). The lowest BCUT2D eigenvalue weighted by atomic mass is 10.0. The third kappa shape index (κ3) is 5.51. The number of rotatable bonds is 9. The topological polar surface area (TPSA) is 99.9 Å². The van der Waals surface area contributed by atoms with Gasteiger partial charge < -0.3 is 10.0 Å². The second-order valence-corrected chi connectivity index (χ2v) is 8.12. The Labute approximate surface area is 203 Å². The van der Waals surface area contributed by atoms with Crippen LogP contribution in [0.5, 0.6) is 0 Å². The highest BCUT2D eigenvalue weighted by Gasteiger charge is 2.14. The number of carbonyl (C=O) groups excluding carboxylic acids is 1. The maximum absolute atomic E-state index is 12.3. The normalized spacial score (nSPS) is 10.8. The first-order chi connectivity index (χ1) is 17.0. The number of hydrogen-bond donors (Lipinski definition) is 2. The summed E-state index contributed by atoms with van der Waals surface area (Å²) in [7, 11) is 1.97. The maximum Gasteiger partial charge on any atom is 0.275 e. The van der Waals surface area contributed by atoms with Crippen molar-refractivity contribution >= 4 is 35.0 Å². The minimum absolute atomic E-state index is 0.0306. The Bertz CT molecular complexity index is 1370. The lowest BCUT2D eigenvalue weighted by Gasteiger charge is -2.21. The van der Waals surface area contributed by atoms with Gasteiger partial charge in [0.2, 0.25) is 0 Å². The molecule has 0 fully saturated rings. The summed E-state index contributed by atoms with van der Waals surface area (Å²) in [5.74, 6) is 0.341. The number of fused-ring (bicyclic) bond motifs is 1. The molecule has 0 saturated heterocycles. The number of benzene rings is 2. The van der Waals surface area contributed by atoms with E-state index in [9.17, 15) is 4.79 Å². The molecule has 0 unspecified atom stereocenters. The molecule has 0 saturated carbocycles. The summed E-state index contributed by atoms with van der Waals surface area (Å²) in [6.45, 7) is 6.05. The van der Waals surface area contributed by atoms with E-state index in [0.29, 0.717) is 23.6 Å². The molecule has 0 aliphatic carbocycles. The van der Waals surface area contributed by atoms with Crippen LogP contribution in [-0.2, 0) is 11.4 Å². The van der Waals surface area contributed by atoms with Crippen LogP contribution in [-0.4, -0.2) is 48.0 Å². The number of hydroxylamine groups is 1. The summed E-state index contributed by atoms with van der Waals surface area (Å²) in [5, 5.41) is 9.88. The van der Waals surface area contributed by atoms with Crippen molar-refractivity contribution in [3.8, 4) is 11.3 Å². The van der Waals surface area contributed by atoms with Gasteiger partial charge in [-0.05, 0) is 67.2 Å². The first kappa shape index (κ1) is 24.0. The number of aliphatic hydroxyl groups is 1. The van der Waals surface area contributed by atoms with Gasteiger partial charge in [-0.1, -0.05) is 18.2 Å². The van der Waals surface area contributed by atoms with Gasteiger partial charge in [-0.2, -0.15) is 0 Å². The molecule has 2 heterocycles. The Morgan fingerprint density at radius 1 is 1.17 bits per heavy atom. The van der Waals surface area contributed by atoms with Crippen LogP contribution in [0, 0.1) is 6.92 Å².